The highest BCUT2D eigenvalue weighted by Crippen LogP contribution is 2.29. The van der Waals surface area contributed by atoms with Crippen molar-refractivity contribution >= 4 is 28.9 Å². The number of carbonyl (C=O) groups is 1. The minimum atomic E-state index is -4.69. The summed E-state index contributed by atoms with van der Waals surface area (Å²) in [7, 11) is 0. The first kappa shape index (κ1) is 16.7. The lowest BCUT2D eigenvalue weighted by Gasteiger charge is -2.01. The molecule has 0 radical (unpaired) electrons. The molecule has 2 heterocycles. The van der Waals surface area contributed by atoms with Gasteiger partial charge in [0.25, 0.3) is 0 Å². The molecule has 3 rings (SSSR count). The average molecular weight is 371 g/mol. The van der Waals surface area contributed by atoms with Gasteiger partial charge in [0, 0.05) is 22.7 Å². The second kappa shape index (κ2) is 6.73. The van der Waals surface area contributed by atoms with Crippen molar-refractivity contribution in [3.8, 4) is 11.4 Å². The Balaban J connectivity index is 1.68. The van der Waals surface area contributed by atoms with Gasteiger partial charge in [-0.25, -0.2) is 4.98 Å². The molecule has 3 aromatic rings. The summed E-state index contributed by atoms with van der Waals surface area (Å²) in [6.07, 6.45) is -3.03. The molecule has 0 aliphatic heterocycles. The Kier molecular flexibility index (Phi) is 4.67. The van der Waals surface area contributed by atoms with Crippen LogP contribution in [-0.4, -0.2) is 26.7 Å². The molecule has 24 heavy (non-hydrogen) atoms. The quantitative estimate of drug-likeness (QED) is 0.495. The largest absolute Gasteiger partial charge is 0.471 e. The second-order valence-corrected chi connectivity index (χ2v) is 6.63. The first-order valence-corrected chi connectivity index (χ1v) is 8.37. The monoisotopic (exact) mass is 371 g/mol. The minimum absolute atomic E-state index is 0.106. The smallest absolute Gasteiger partial charge is 0.329 e. The third-order valence-electron chi connectivity index (χ3n) is 2.87. The van der Waals surface area contributed by atoms with E-state index < -0.39 is 12.1 Å². The topological polar surface area (TPSA) is 68.9 Å². The fourth-order valence-corrected chi connectivity index (χ4v) is 3.29. The molecular weight excluding hydrogens is 363 g/mol. The summed E-state index contributed by atoms with van der Waals surface area (Å²) in [4.78, 5) is 19.4. The molecular formula is C14H8F3N3O2S2. The van der Waals surface area contributed by atoms with Crippen LogP contribution in [0.25, 0.3) is 11.4 Å². The van der Waals surface area contributed by atoms with E-state index in [0.29, 0.717) is 11.1 Å². The number of rotatable bonds is 5. The van der Waals surface area contributed by atoms with Crippen molar-refractivity contribution in [3.63, 3.8) is 0 Å². The molecule has 124 valence electrons. The average Bonchev–Trinajstić information content (AvgIpc) is 3.23. The predicted octanol–water partition coefficient (Wildman–Crippen LogP) is 4.19. The molecule has 0 saturated heterocycles. The van der Waals surface area contributed by atoms with E-state index >= 15 is 0 Å². The molecule has 0 atom stereocenters. The number of carbonyl (C=O) groups excluding carboxylic acids is 1. The van der Waals surface area contributed by atoms with Gasteiger partial charge >= 0.3 is 12.1 Å². The number of nitrogens with zero attached hydrogens (tertiary/aromatic N) is 3. The van der Waals surface area contributed by atoms with Crippen LogP contribution in [0.1, 0.15) is 16.2 Å². The Hall–Kier alpha value is -2.20. The first-order chi connectivity index (χ1) is 11.4. The summed E-state index contributed by atoms with van der Waals surface area (Å²) in [6, 6.07) is 5.99. The number of halogens is 3. The van der Waals surface area contributed by atoms with Crippen LogP contribution in [-0.2, 0) is 6.18 Å². The predicted molar refractivity (Wildman–Crippen MR) is 81.9 cm³/mol. The summed E-state index contributed by atoms with van der Waals surface area (Å²) in [5.41, 5.74) is 0.778. The van der Waals surface area contributed by atoms with Gasteiger partial charge in [-0.15, -0.1) is 11.3 Å². The van der Waals surface area contributed by atoms with E-state index in [4.69, 9.17) is 0 Å². The van der Waals surface area contributed by atoms with Crippen LogP contribution in [0.3, 0.4) is 0 Å². The molecule has 0 unspecified atom stereocenters. The molecule has 10 heteroatoms. The van der Waals surface area contributed by atoms with E-state index in [9.17, 15) is 18.0 Å². The number of alkyl halides is 3. The lowest BCUT2D eigenvalue weighted by Crippen LogP contribution is -2.05. The van der Waals surface area contributed by atoms with E-state index in [2.05, 4.69) is 19.6 Å². The van der Waals surface area contributed by atoms with E-state index in [0.717, 1.165) is 4.34 Å². The summed E-state index contributed by atoms with van der Waals surface area (Å²) < 4.78 is 42.3. The number of Topliss-reactive ketones (excluding diaryl/α,β-unsaturated/α-hetero) is 1. The lowest BCUT2D eigenvalue weighted by molar-refractivity contribution is -0.159. The Morgan fingerprint density at radius 3 is 2.58 bits per heavy atom. The van der Waals surface area contributed by atoms with Crippen LogP contribution in [0.15, 0.2) is 44.7 Å². The van der Waals surface area contributed by atoms with Crippen molar-refractivity contribution in [2.45, 2.75) is 10.5 Å². The van der Waals surface area contributed by atoms with Gasteiger partial charge in [-0.05, 0) is 0 Å². The number of hydrogen-bond acceptors (Lipinski definition) is 7. The normalized spacial score (nSPS) is 11.6. The maximum Gasteiger partial charge on any atom is 0.471 e. The molecule has 0 spiro atoms. The van der Waals surface area contributed by atoms with Gasteiger partial charge in [-0.2, -0.15) is 18.2 Å². The van der Waals surface area contributed by atoms with E-state index in [1.165, 1.54) is 47.4 Å². The summed E-state index contributed by atoms with van der Waals surface area (Å²) in [5, 5.41) is 5.12. The van der Waals surface area contributed by atoms with Crippen molar-refractivity contribution in [1.82, 2.24) is 15.1 Å². The molecule has 0 bridgehead atoms. The molecule has 5 nitrogen and oxygen atoms in total. The van der Waals surface area contributed by atoms with Crippen LogP contribution in [0, 0.1) is 0 Å². The molecule has 0 aliphatic rings. The van der Waals surface area contributed by atoms with Gasteiger partial charge in [-0.3, -0.25) is 4.79 Å². The molecule has 2 aromatic heterocycles. The number of aromatic nitrogens is 3. The number of thioether (sulfide) groups is 1. The molecule has 0 amide bonds. The van der Waals surface area contributed by atoms with E-state index in [-0.39, 0.29) is 17.4 Å². The van der Waals surface area contributed by atoms with Crippen molar-refractivity contribution in [1.29, 1.82) is 0 Å². The van der Waals surface area contributed by atoms with Crippen LogP contribution in [0.2, 0.25) is 0 Å². The molecule has 0 fully saturated rings. The number of thiazole rings is 1. The summed E-state index contributed by atoms with van der Waals surface area (Å²) in [5.74, 6) is -1.46. The highest BCUT2D eigenvalue weighted by atomic mass is 32.2. The van der Waals surface area contributed by atoms with Crippen molar-refractivity contribution in [3.05, 3.63) is 47.3 Å². The van der Waals surface area contributed by atoms with Crippen molar-refractivity contribution < 1.29 is 22.5 Å². The first-order valence-electron chi connectivity index (χ1n) is 6.50. The third kappa shape index (κ3) is 3.82. The fraction of sp³-hybridized carbons (Fsp3) is 0.143. The zero-order valence-corrected chi connectivity index (χ0v) is 13.4. The van der Waals surface area contributed by atoms with E-state index in [1.807, 2.05) is 5.38 Å². The Morgan fingerprint density at radius 2 is 2.00 bits per heavy atom. The standard InChI is InChI=1S/C14H8F3N3O2S2/c15-14(16,17)12-19-11(20-22-12)9-3-1-8(2-4-9)10(21)7-24-13-18-5-6-23-13/h1-6H,7H2. The third-order valence-corrected chi connectivity index (χ3v) is 4.84. The second-order valence-electron chi connectivity index (χ2n) is 4.51. The zero-order chi connectivity index (χ0) is 17.2. The number of hydrogen-bond donors (Lipinski definition) is 0. The van der Waals surface area contributed by atoms with Gasteiger partial charge in [0.2, 0.25) is 5.82 Å². The minimum Gasteiger partial charge on any atom is -0.329 e. The van der Waals surface area contributed by atoms with Crippen molar-refractivity contribution in [2.24, 2.45) is 0 Å². The van der Waals surface area contributed by atoms with Crippen LogP contribution in [0.4, 0.5) is 13.2 Å². The maximum atomic E-state index is 12.4. The molecule has 0 aliphatic carbocycles. The SMILES string of the molecule is O=C(CSc1nccs1)c1ccc(-c2noc(C(F)(F)F)n2)cc1. The van der Waals surface area contributed by atoms with Crippen LogP contribution in [0.5, 0.6) is 0 Å². The molecule has 0 N–H and O–H groups in total. The number of ketones is 1. The molecule has 1 aromatic carbocycles. The lowest BCUT2D eigenvalue weighted by atomic mass is 10.1. The fourth-order valence-electron chi connectivity index (χ4n) is 1.75. The Morgan fingerprint density at radius 1 is 1.25 bits per heavy atom. The van der Waals surface area contributed by atoms with Gasteiger partial charge in [0.1, 0.15) is 4.34 Å². The zero-order valence-electron chi connectivity index (χ0n) is 11.8. The molecule has 0 saturated carbocycles. The maximum absolute atomic E-state index is 12.4. The van der Waals surface area contributed by atoms with Crippen LogP contribution < -0.4 is 0 Å². The van der Waals surface area contributed by atoms with Gasteiger partial charge in [0.15, 0.2) is 5.78 Å². The number of benzene rings is 1. The van der Waals surface area contributed by atoms with Gasteiger partial charge in [0.05, 0.1) is 5.75 Å². The summed E-state index contributed by atoms with van der Waals surface area (Å²) >= 11 is 2.77. The van der Waals surface area contributed by atoms with Crippen LogP contribution >= 0.6 is 23.1 Å². The highest BCUT2D eigenvalue weighted by Gasteiger charge is 2.38. The Bertz CT molecular complexity index is 830. The summed E-state index contributed by atoms with van der Waals surface area (Å²) in [6.45, 7) is 0. The van der Waals surface area contributed by atoms with Crippen molar-refractivity contribution in [2.75, 3.05) is 5.75 Å². The van der Waals surface area contributed by atoms with Gasteiger partial charge in [-0.1, -0.05) is 41.2 Å². The highest BCUT2D eigenvalue weighted by molar-refractivity contribution is 8.01. The van der Waals surface area contributed by atoms with E-state index in [1.54, 1.807) is 6.20 Å². The van der Waals surface area contributed by atoms with Gasteiger partial charge < -0.3 is 4.52 Å². The Labute approximate surface area is 141 Å².